The molecule has 142 valence electrons. The zero-order valence-electron chi connectivity index (χ0n) is 14.6. The molecular formula is C18H21F3N2O3. The molecule has 1 N–H and O–H groups in total. The third-order valence-corrected chi connectivity index (χ3v) is 5.14. The first-order valence-electron chi connectivity index (χ1n) is 8.49. The van der Waals surface area contributed by atoms with Crippen LogP contribution in [0.3, 0.4) is 0 Å². The predicted octanol–water partition coefficient (Wildman–Crippen LogP) is 3.12. The van der Waals surface area contributed by atoms with Crippen molar-refractivity contribution in [2.24, 2.45) is 16.9 Å². The highest BCUT2D eigenvalue weighted by Gasteiger charge is 2.68. The second-order valence-electron chi connectivity index (χ2n) is 6.98. The van der Waals surface area contributed by atoms with Gasteiger partial charge in [-0.3, -0.25) is 4.79 Å². The molecule has 26 heavy (non-hydrogen) atoms. The summed E-state index contributed by atoms with van der Waals surface area (Å²) in [6.07, 6.45) is -4.07. The Balaban J connectivity index is 1.88. The summed E-state index contributed by atoms with van der Waals surface area (Å²) in [5.41, 5.74) is -2.50. The molecule has 8 heteroatoms. The monoisotopic (exact) mass is 370 g/mol. The fraction of sp³-hybridized carbons (Fsp3) is 0.556. The minimum atomic E-state index is -4.99. The Hall–Kier alpha value is -2.09. The quantitative estimate of drug-likeness (QED) is 0.889. The number of ether oxygens (including phenoxy) is 1. The molecule has 0 unspecified atom stereocenters. The van der Waals surface area contributed by atoms with Crippen LogP contribution in [0.15, 0.2) is 29.4 Å². The minimum absolute atomic E-state index is 0.0319. The molecule has 1 aliphatic heterocycles. The lowest BCUT2D eigenvalue weighted by molar-refractivity contribution is -0.317. The highest BCUT2D eigenvalue weighted by molar-refractivity contribution is 5.93. The standard InChI is InChI=1S/C18H21F3N2O3/c1-11-3-8-15-14(9-11)17(25,18(19,20)21)23(22-15)16(24)10-12-4-6-13(26-2)7-5-12/h4-7,11,14,25H,3,8-10H2,1-2H3/t11-,14-,17-/m1/s1. The second kappa shape index (κ2) is 6.57. The number of fused-ring (bicyclic) bond motifs is 1. The number of benzene rings is 1. The lowest BCUT2D eigenvalue weighted by atomic mass is 9.76. The molecule has 1 saturated carbocycles. The Kier molecular flexibility index (Phi) is 4.72. The number of carbonyl (C=O) groups is 1. The second-order valence-corrected chi connectivity index (χ2v) is 6.98. The molecule has 1 aromatic rings. The van der Waals surface area contributed by atoms with E-state index in [9.17, 15) is 23.1 Å². The average Bonchev–Trinajstić information content (AvgIpc) is 2.89. The molecule has 1 fully saturated rings. The van der Waals surface area contributed by atoms with Gasteiger partial charge in [0.05, 0.1) is 19.4 Å². The molecule has 0 saturated heterocycles. The van der Waals surface area contributed by atoms with Crippen LogP contribution in [0.1, 0.15) is 31.7 Å². The Labute approximate surface area is 149 Å². The molecule has 5 nitrogen and oxygen atoms in total. The molecule has 0 radical (unpaired) electrons. The molecular weight excluding hydrogens is 349 g/mol. The summed E-state index contributed by atoms with van der Waals surface area (Å²) < 4.78 is 46.3. The van der Waals surface area contributed by atoms with Crippen molar-refractivity contribution < 1.29 is 27.8 Å². The number of aliphatic hydroxyl groups is 1. The molecule has 1 aromatic carbocycles. The van der Waals surface area contributed by atoms with E-state index in [1.165, 1.54) is 7.11 Å². The number of halogens is 3. The van der Waals surface area contributed by atoms with Crippen LogP contribution in [0.2, 0.25) is 0 Å². The van der Waals surface area contributed by atoms with E-state index in [-0.39, 0.29) is 29.5 Å². The smallest absolute Gasteiger partial charge is 0.439 e. The first kappa shape index (κ1) is 18.7. The first-order chi connectivity index (χ1) is 12.2. The highest BCUT2D eigenvalue weighted by atomic mass is 19.4. The third kappa shape index (κ3) is 3.06. The number of carbonyl (C=O) groups excluding carboxylic acids is 1. The van der Waals surface area contributed by atoms with E-state index in [1.807, 2.05) is 6.92 Å². The van der Waals surface area contributed by atoms with Crippen molar-refractivity contribution in [3.05, 3.63) is 29.8 Å². The zero-order chi connectivity index (χ0) is 19.1. The summed E-state index contributed by atoms with van der Waals surface area (Å²) in [4.78, 5) is 12.6. The van der Waals surface area contributed by atoms with Crippen molar-refractivity contribution in [1.29, 1.82) is 0 Å². The number of hydrogen-bond donors (Lipinski definition) is 1. The summed E-state index contributed by atoms with van der Waals surface area (Å²) in [5.74, 6) is -1.48. The van der Waals surface area contributed by atoms with Crippen LogP contribution in [0.4, 0.5) is 13.2 Å². The van der Waals surface area contributed by atoms with Gasteiger partial charge in [0.1, 0.15) is 5.75 Å². The largest absolute Gasteiger partial charge is 0.497 e. The predicted molar refractivity (Wildman–Crippen MR) is 88.5 cm³/mol. The summed E-state index contributed by atoms with van der Waals surface area (Å²) in [5, 5.41) is 14.7. The Morgan fingerprint density at radius 1 is 1.38 bits per heavy atom. The van der Waals surface area contributed by atoms with Gasteiger partial charge in [0, 0.05) is 5.71 Å². The average molecular weight is 370 g/mol. The van der Waals surface area contributed by atoms with E-state index in [1.54, 1.807) is 24.3 Å². The van der Waals surface area contributed by atoms with Crippen molar-refractivity contribution in [2.45, 2.75) is 44.5 Å². The third-order valence-electron chi connectivity index (χ3n) is 5.14. The maximum atomic E-state index is 13.8. The molecule has 0 aromatic heterocycles. The lowest BCUT2D eigenvalue weighted by Gasteiger charge is -2.39. The number of amides is 1. The van der Waals surface area contributed by atoms with Crippen LogP contribution in [0.5, 0.6) is 5.75 Å². The van der Waals surface area contributed by atoms with Crippen LogP contribution in [0, 0.1) is 11.8 Å². The van der Waals surface area contributed by atoms with E-state index in [2.05, 4.69) is 5.10 Å². The topological polar surface area (TPSA) is 62.1 Å². The van der Waals surface area contributed by atoms with E-state index in [0.29, 0.717) is 24.2 Å². The van der Waals surface area contributed by atoms with E-state index < -0.39 is 23.7 Å². The van der Waals surface area contributed by atoms with Gasteiger partial charge in [0.2, 0.25) is 5.91 Å². The molecule has 2 aliphatic rings. The van der Waals surface area contributed by atoms with Gasteiger partial charge in [-0.25, -0.2) is 0 Å². The highest BCUT2D eigenvalue weighted by Crippen LogP contribution is 2.49. The first-order valence-corrected chi connectivity index (χ1v) is 8.49. The molecule has 0 bridgehead atoms. The van der Waals surface area contributed by atoms with Crippen LogP contribution in [-0.2, 0) is 11.2 Å². The summed E-state index contributed by atoms with van der Waals surface area (Å²) in [7, 11) is 1.49. The van der Waals surface area contributed by atoms with Crippen molar-refractivity contribution in [3.63, 3.8) is 0 Å². The van der Waals surface area contributed by atoms with Gasteiger partial charge in [0.15, 0.2) is 0 Å². The molecule has 1 heterocycles. The summed E-state index contributed by atoms with van der Waals surface area (Å²) in [6.45, 7) is 1.84. The number of rotatable bonds is 3. The fourth-order valence-corrected chi connectivity index (χ4v) is 3.65. The summed E-state index contributed by atoms with van der Waals surface area (Å²) in [6, 6.07) is 6.44. The van der Waals surface area contributed by atoms with Gasteiger partial charge >= 0.3 is 6.18 Å². The number of hydrogen-bond acceptors (Lipinski definition) is 4. The number of hydrazone groups is 1. The lowest BCUT2D eigenvalue weighted by Crippen LogP contribution is -2.62. The molecule has 1 amide bonds. The Morgan fingerprint density at radius 2 is 2.04 bits per heavy atom. The van der Waals surface area contributed by atoms with Crippen LogP contribution < -0.4 is 4.74 Å². The van der Waals surface area contributed by atoms with E-state index in [0.717, 1.165) is 0 Å². The maximum absolute atomic E-state index is 13.8. The Morgan fingerprint density at radius 3 is 2.62 bits per heavy atom. The zero-order valence-corrected chi connectivity index (χ0v) is 14.6. The van der Waals surface area contributed by atoms with Gasteiger partial charge < -0.3 is 9.84 Å². The summed E-state index contributed by atoms with van der Waals surface area (Å²) >= 11 is 0. The Bertz CT molecular complexity index is 717. The maximum Gasteiger partial charge on any atom is 0.439 e. The number of alkyl halides is 3. The SMILES string of the molecule is COc1ccc(CC(=O)N2N=C3CC[C@@H](C)C[C@H]3[C@@]2(O)C(F)(F)F)cc1. The van der Waals surface area contributed by atoms with Crippen LogP contribution >= 0.6 is 0 Å². The molecule has 3 atom stereocenters. The number of nitrogens with zero attached hydrogens (tertiary/aromatic N) is 2. The molecule has 1 aliphatic carbocycles. The normalized spacial score (nSPS) is 28.5. The van der Waals surface area contributed by atoms with Crippen molar-refractivity contribution in [3.8, 4) is 5.75 Å². The van der Waals surface area contributed by atoms with E-state index in [4.69, 9.17) is 4.74 Å². The molecule has 3 rings (SSSR count). The number of methoxy groups -OCH3 is 1. The van der Waals surface area contributed by atoms with Gasteiger partial charge in [-0.15, -0.1) is 0 Å². The van der Waals surface area contributed by atoms with Crippen molar-refractivity contribution in [1.82, 2.24) is 5.01 Å². The minimum Gasteiger partial charge on any atom is -0.497 e. The fourth-order valence-electron chi connectivity index (χ4n) is 3.65. The molecule has 0 spiro atoms. The van der Waals surface area contributed by atoms with Gasteiger partial charge in [0.25, 0.3) is 5.72 Å². The van der Waals surface area contributed by atoms with Crippen LogP contribution in [0.25, 0.3) is 0 Å². The van der Waals surface area contributed by atoms with Crippen molar-refractivity contribution in [2.75, 3.05) is 7.11 Å². The van der Waals surface area contributed by atoms with Crippen molar-refractivity contribution >= 4 is 11.6 Å². The van der Waals surface area contributed by atoms with E-state index >= 15 is 0 Å². The van der Waals surface area contributed by atoms with Gasteiger partial charge in [-0.05, 0) is 42.9 Å². The van der Waals surface area contributed by atoms with Crippen LogP contribution in [-0.4, -0.2) is 40.7 Å². The van der Waals surface area contributed by atoms with Gasteiger partial charge in [-0.1, -0.05) is 19.1 Å². The van der Waals surface area contributed by atoms with Gasteiger partial charge in [-0.2, -0.15) is 23.3 Å².